The number of pyridine rings is 2. The van der Waals surface area contributed by atoms with Gasteiger partial charge in [0, 0.05) is 29.9 Å². The van der Waals surface area contributed by atoms with Crippen molar-refractivity contribution in [2.24, 2.45) is 0 Å². The Morgan fingerprint density at radius 2 is 1.91 bits per heavy atom. The summed E-state index contributed by atoms with van der Waals surface area (Å²) < 4.78 is 22.0. The molecule has 0 atom stereocenters. The van der Waals surface area contributed by atoms with E-state index in [0.717, 1.165) is 0 Å². The zero-order chi connectivity index (χ0) is 23.5. The van der Waals surface area contributed by atoms with Crippen LogP contribution in [-0.4, -0.2) is 43.3 Å². The first-order valence-corrected chi connectivity index (χ1v) is 11.1. The quantitative estimate of drug-likeness (QED) is 0.451. The first kappa shape index (κ1) is 21.7. The summed E-state index contributed by atoms with van der Waals surface area (Å²) in [6, 6.07) is 13.5. The number of nitrogens with one attached hydrogen (secondary N) is 1. The molecule has 0 bridgehead atoms. The van der Waals surface area contributed by atoms with Crippen LogP contribution in [0.25, 0.3) is 17.2 Å². The zero-order valence-electron chi connectivity index (χ0n) is 18.6. The number of para-hydroxylation sites is 1. The van der Waals surface area contributed by atoms with E-state index in [0.29, 0.717) is 53.8 Å². The lowest BCUT2D eigenvalue weighted by Gasteiger charge is -2.35. The highest BCUT2D eigenvalue weighted by atomic mass is 19.1. The van der Waals surface area contributed by atoms with Crippen LogP contribution < -0.4 is 10.1 Å². The second kappa shape index (κ2) is 9.38. The summed E-state index contributed by atoms with van der Waals surface area (Å²) in [6.45, 7) is 2.44. The average molecular weight is 458 g/mol. The number of benzene rings is 1. The Balaban J connectivity index is 1.41. The molecule has 1 amide bonds. The maximum absolute atomic E-state index is 14.8. The van der Waals surface area contributed by atoms with Gasteiger partial charge in [0.25, 0.3) is 5.91 Å². The molecule has 0 saturated heterocycles. The van der Waals surface area contributed by atoms with E-state index in [1.165, 1.54) is 6.07 Å². The summed E-state index contributed by atoms with van der Waals surface area (Å²) in [5.41, 5.74) is 1.49. The molecular formula is C25H23FN6O2. The molecule has 3 aromatic heterocycles. The Hall–Kier alpha value is -4.14. The number of carbonyl (C=O) groups is 1. The summed E-state index contributed by atoms with van der Waals surface area (Å²) >= 11 is 0. The van der Waals surface area contributed by atoms with Gasteiger partial charge < -0.3 is 10.1 Å². The first-order valence-electron chi connectivity index (χ1n) is 11.1. The van der Waals surface area contributed by atoms with Crippen LogP contribution in [0.3, 0.4) is 0 Å². The molecule has 0 aliphatic heterocycles. The highest BCUT2D eigenvalue weighted by Gasteiger charge is 2.36. The fourth-order valence-electron chi connectivity index (χ4n) is 4.08. The number of halogens is 1. The topological polar surface area (TPSA) is 94.8 Å². The number of amides is 1. The van der Waals surface area contributed by atoms with Gasteiger partial charge in [-0.3, -0.25) is 14.3 Å². The molecule has 1 N–H and O–H groups in total. The van der Waals surface area contributed by atoms with Crippen LogP contribution in [0.1, 0.15) is 41.9 Å². The third-order valence-electron chi connectivity index (χ3n) is 5.84. The molecule has 0 spiro atoms. The number of nitrogens with zero attached hydrogens (tertiary/aromatic N) is 5. The van der Waals surface area contributed by atoms with E-state index in [1.54, 1.807) is 65.6 Å². The van der Waals surface area contributed by atoms with Gasteiger partial charge in [-0.1, -0.05) is 12.1 Å². The van der Waals surface area contributed by atoms with Crippen LogP contribution in [0.15, 0.2) is 67.1 Å². The molecule has 1 aliphatic carbocycles. The summed E-state index contributed by atoms with van der Waals surface area (Å²) in [5.74, 6) is 1.25. The predicted octanol–water partition coefficient (Wildman–Crippen LogP) is 3.94. The summed E-state index contributed by atoms with van der Waals surface area (Å²) in [6.07, 6.45) is 6.16. The molecule has 1 fully saturated rings. The summed E-state index contributed by atoms with van der Waals surface area (Å²) in [7, 11) is 0. The van der Waals surface area contributed by atoms with Crippen molar-refractivity contribution in [2.75, 3.05) is 6.61 Å². The van der Waals surface area contributed by atoms with E-state index in [4.69, 9.17) is 4.74 Å². The summed E-state index contributed by atoms with van der Waals surface area (Å²) in [4.78, 5) is 20.8. The van der Waals surface area contributed by atoms with E-state index in [1.807, 2.05) is 6.92 Å². The van der Waals surface area contributed by atoms with E-state index >= 15 is 0 Å². The van der Waals surface area contributed by atoms with Gasteiger partial charge in [-0.05, 0) is 56.2 Å². The van der Waals surface area contributed by atoms with E-state index in [2.05, 4.69) is 25.5 Å². The van der Waals surface area contributed by atoms with Crippen molar-refractivity contribution in [1.29, 1.82) is 0 Å². The van der Waals surface area contributed by atoms with Gasteiger partial charge in [0.15, 0.2) is 5.82 Å². The molecule has 172 valence electrons. The Morgan fingerprint density at radius 1 is 1.12 bits per heavy atom. The van der Waals surface area contributed by atoms with Crippen LogP contribution in [0, 0.1) is 5.82 Å². The number of aromatic nitrogens is 5. The minimum absolute atomic E-state index is 0.00323. The standard InChI is InChI=1S/C25H23FN6O2/c1-2-34-19-7-8-21(28-15-19)24-31-30-23(32(24)22-6-4-3-5-20(22)26)17-13-18(14-17)29-25(33)16-9-11-27-12-10-16/h3-12,15,17-18H,2,13-14H2,1H3,(H,29,33)/t17-,18-. The van der Waals surface area contributed by atoms with Crippen LogP contribution in [0.2, 0.25) is 0 Å². The van der Waals surface area contributed by atoms with Crippen molar-refractivity contribution in [1.82, 2.24) is 30.0 Å². The van der Waals surface area contributed by atoms with Crippen molar-refractivity contribution in [3.05, 3.63) is 84.3 Å². The molecule has 9 heteroatoms. The van der Waals surface area contributed by atoms with Gasteiger partial charge >= 0.3 is 0 Å². The first-order chi connectivity index (χ1) is 16.6. The smallest absolute Gasteiger partial charge is 0.251 e. The van der Waals surface area contributed by atoms with E-state index < -0.39 is 0 Å². The second-order valence-corrected chi connectivity index (χ2v) is 8.06. The van der Waals surface area contributed by atoms with Crippen LogP contribution in [-0.2, 0) is 0 Å². The molecule has 3 heterocycles. The highest BCUT2D eigenvalue weighted by molar-refractivity contribution is 5.94. The highest BCUT2D eigenvalue weighted by Crippen LogP contribution is 2.39. The zero-order valence-corrected chi connectivity index (χ0v) is 18.6. The van der Waals surface area contributed by atoms with E-state index in [9.17, 15) is 9.18 Å². The monoisotopic (exact) mass is 458 g/mol. The fraction of sp³-hybridized carbons (Fsp3) is 0.240. The Bertz CT molecular complexity index is 1290. The molecule has 1 aliphatic rings. The molecule has 8 nitrogen and oxygen atoms in total. The number of rotatable bonds is 7. The lowest BCUT2D eigenvalue weighted by atomic mass is 9.79. The molecule has 5 rings (SSSR count). The molecular weight excluding hydrogens is 435 g/mol. The number of carbonyl (C=O) groups excluding carboxylic acids is 1. The number of ether oxygens (including phenoxy) is 1. The van der Waals surface area contributed by atoms with Crippen LogP contribution in [0.4, 0.5) is 4.39 Å². The van der Waals surface area contributed by atoms with Crippen molar-refractivity contribution in [3.63, 3.8) is 0 Å². The lowest BCUT2D eigenvalue weighted by Crippen LogP contribution is -2.44. The predicted molar refractivity (Wildman–Crippen MR) is 123 cm³/mol. The minimum atomic E-state index is -0.377. The van der Waals surface area contributed by atoms with E-state index in [-0.39, 0.29) is 23.7 Å². The van der Waals surface area contributed by atoms with Gasteiger partial charge in [-0.25, -0.2) is 9.37 Å². The van der Waals surface area contributed by atoms with Gasteiger partial charge in [0.2, 0.25) is 0 Å². The Morgan fingerprint density at radius 3 is 2.62 bits per heavy atom. The van der Waals surface area contributed by atoms with Crippen LogP contribution >= 0.6 is 0 Å². The average Bonchev–Trinajstić information content (AvgIpc) is 3.26. The fourth-order valence-corrected chi connectivity index (χ4v) is 4.08. The lowest BCUT2D eigenvalue weighted by molar-refractivity contribution is 0.0907. The molecule has 1 saturated carbocycles. The molecule has 34 heavy (non-hydrogen) atoms. The third-order valence-corrected chi connectivity index (χ3v) is 5.84. The van der Waals surface area contributed by atoms with Gasteiger partial charge in [-0.2, -0.15) is 0 Å². The van der Waals surface area contributed by atoms with Crippen molar-refractivity contribution >= 4 is 5.91 Å². The molecule has 0 radical (unpaired) electrons. The number of hydrogen-bond donors (Lipinski definition) is 1. The maximum Gasteiger partial charge on any atom is 0.251 e. The summed E-state index contributed by atoms with van der Waals surface area (Å²) in [5, 5.41) is 11.8. The molecule has 1 aromatic carbocycles. The van der Waals surface area contributed by atoms with Crippen molar-refractivity contribution in [2.45, 2.75) is 31.7 Å². The molecule has 4 aromatic rings. The van der Waals surface area contributed by atoms with Crippen molar-refractivity contribution in [3.8, 4) is 23.0 Å². The minimum Gasteiger partial charge on any atom is -0.492 e. The van der Waals surface area contributed by atoms with Gasteiger partial charge in [0.1, 0.15) is 23.1 Å². The number of hydrogen-bond acceptors (Lipinski definition) is 6. The van der Waals surface area contributed by atoms with Gasteiger partial charge in [0.05, 0.1) is 18.5 Å². The van der Waals surface area contributed by atoms with Crippen LogP contribution in [0.5, 0.6) is 5.75 Å². The maximum atomic E-state index is 14.8. The second-order valence-electron chi connectivity index (χ2n) is 8.06. The normalized spacial score (nSPS) is 17.1. The van der Waals surface area contributed by atoms with Gasteiger partial charge in [-0.15, -0.1) is 10.2 Å². The third kappa shape index (κ3) is 4.24. The molecule has 0 unspecified atom stereocenters. The Kier molecular flexibility index (Phi) is 5.99. The van der Waals surface area contributed by atoms with Crippen molar-refractivity contribution < 1.29 is 13.9 Å². The SMILES string of the molecule is CCOc1ccc(-c2nnc([C@H]3C[C@H](NC(=O)c4ccncc4)C3)n2-c2ccccc2F)nc1. The largest absolute Gasteiger partial charge is 0.492 e. The Labute approximate surface area is 195 Å².